The van der Waals surface area contributed by atoms with E-state index >= 15 is 0 Å². The van der Waals surface area contributed by atoms with Crippen molar-refractivity contribution in [1.82, 2.24) is 15.0 Å². The van der Waals surface area contributed by atoms with Crippen molar-refractivity contribution < 1.29 is 0 Å². The van der Waals surface area contributed by atoms with Crippen molar-refractivity contribution in [1.29, 1.82) is 0 Å². The van der Waals surface area contributed by atoms with Crippen LogP contribution in [0.5, 0.6) is 0 Å². The molecule has 0 aliphatic carbocycles. The third-order valence-electron chi connectivity index (χ3n) is 8.15. The maximum Gasteiger partial charge on any atom is 0.165 e. The van der Waals surface area contributed by atoms with E-state index in [0.717, 1.165) is 16.7 Å². The maximum absolute atomic E-state index is 5.16. The predicted octanol–water partition coefficient (Wildman–Crippen LogP) is 11.3. The lowest BCUT2D eigenvalue weighted by molar-refractivity contribution is 1.08. The Kier molecular flexibility index (Phi) is 5.86. The Hall–Kier alpha value is -5.23. The van der Waals surface area contributed by atoms with Gasteiger partial charge < -0.3 is 0 Å². The highest BCUT2D eigenvalue weighted by Gasteiger charge is 2.18. The minimum Gasteiger partial charge on any atom is -0.208 e. The van der Waals surface area contributed by atoms with E-state index in [1.165, 1.54) is 51.5 Å². The molecule has 0 saturated carbocycles. The zero-order valence-corrected chi connectivity index (χ0v) is 25.1. The lowest BCUT2D eigenvalue weighted by Crippen LogP contribution is -2.00. The molecule has 6 aromatic carbocycles. The summed E-state index contributed by atoms with van der Waals surface area (Å²) in [5, 5.41) is 4.98. The van der Waals surface area contributed by atoms with Crippen molar-refractivity contribution in [3.8, 4) is 45.3 Å². The molecule has 0 fully saturated rings. The van der Waals surface area contributed by atoms with Gasteiger partial charge >= 0.3 is 0 Å². The van der Waals surface area contributed by atoms with Crippen LogP contribution in [0.25, 0.3) is 85.6 Å². The van der Waals surface area contributed by atoms with Gasteiger partial charge in [0.15, 0.2) is 17.5 Å². The Morgan fingerprint density at radius 2 is 0.977 bits per heavy atom. The van der Waals surface area contributed by atoms with Gasteiger partial charge in [0.1, 0.15) is 0 Å². The SMILES string of the molecule is c1ccc(-c2nc(-c3ccc4sc5cccc(-c6ccccc6)c5c4c3)nc(-c3cccc4c3sc3ccccc34)n2)cc1. The molecule has 0 bridgehead atoms. The van der Waals surface area contributed by atoms with Crippen LogP contribution in [0.2, 0.25) is 0 Å². The summed E-state index contributed by atoms with van der Waals surface area (Å²) < 4.78 is 4.98. The van der Waals surface area contributed by atoms with Crippen LogP contribution in [-0.4, -0.2) is 15.0 Å². The number of hydrogen-bond acceptors (Lipinski definition) is 5. The molecule has 9 rings (SSSR count). The number of aromatic nitrogens is 3. The Balaban J connectivity index is 1.29. The summed E-state index contributed by atoms with van der Waals surface area (Å²) in [6, 6.07) is 49.0. The second kappa shape index (κ2) is 10.2. The fraction of sp³-hybridized carbons (Fsp3) is 0. The molecule has 9 aromatic rings. The monoisotopic (exact) mass is 597 g/mol. The van der Waals surface area contributed by atoms with Crippen LogP contribution < -0.4 is 0 Å². The fourth-order valence-electron chi connectivity index (χ4n) is 6.09. The van der Waals surface area contributed by atoms with Crippen LogP contribution in [0.1, 0.15) is 0 Å². The van der Waals surface area contributed by atoms with E-state index in [1.54, 1.807) is 11.3 Å². The van der Waals surface area contributed by atoms with Crippen molar-refractivity contribution in [3.05, 3.63) is 140 Å². The molecule has 5 heteroatoms. The van der Waals surface area contributed by atoms with Gasteiger partial charge in [-0.25, -0.2) is 15.0 Å². The first-order valence-corrected chi connectivity index (χ1v) is 16.2. The van der Waals surface area contributed by atoms with Gasteiger partial charge in [0, 0.05) is 57.0 Å². The third-order valence-corrected chi connectivity index (χ3v) is 10.5. The highest BCUT2D eigenvalue weighted by atomic mass is 32.1. The number of fused-ring (bicyclic) bond motifs is 6. The molecule has 0 aliphatic rings. The number of hydrogen-bond donors (Lipinski definition) is 0. The van der Waals surface area contributed by atoms with Crippen LogP contribution in [0, 0.1) is 0 Å². The Labute approximate surface area is 261 Å². The van der Waals surface area contributed by atoms with Crippen LogP contribution in [0.4, 0.5) is 0 Å². The van der Waals surface area contributed by atoms with Crippen LogP contribution >= 0.6 is 22.7 Å². The van der Waals surface area contributed by atoms with E-state index in [1.807, 2.05) is 29.5 Å². The number of rotatable bonds is 4. The van der Waals surface area contributed by atoms with Crippen LogP contribution in [0.15, 0.2) is 140 Å². The second-order valence-corrected chi connectivity index (χ2v) is 12.9. The summed E-state index contributed by atoms with van der Waals surface area (Å²) in [6.45, 7) is 0. The normalized spacial score (nSPS) is 11.6. The molecular formula is C39H23N3S2. The van der Waals surface area contributed by atoms with E-state index in [9.17, 15) is 0 Å². The van der Waals surface area contributed by atoms with E-state index in [0.29, 0.717) is 17.5 Å². The quantitative estimate of drug-likeness (QED) is 0.203. The minimum absolute atomic E-state index is 0.670. The molecule has 44 heavy (non-hydrogen) atoms. The summed E-state index contributed by atoms with van der Waals surface area (Å²) >= 11 is 3.62. The fourth-order valence-corrected chi connectivity index (χ4v) is 8.41. The Morgan fingerprint density at radius 3 is 1.82 bits per heavy atom. The van der Waals surface area contributed by atoms with Crippen molar-refractivity contribution >= 4 is 63.0 Å². The van der Waals surface area contributed by atoms with Gasteiger partial charge in [0.2, 0.25) is 0 Å². The summed E-state index contributed by atoms with van der Waals surface area (Å²) in [6.07, 6.45) is 0. The molecule has 3 nitrogen and oxygen atoms in total. The Morgan fingerprint density at radius 1 is 0.364 bits per heavy atom. The lowest BCUT2D eigenvalue weighted by Gasteiger charge is -2.10. The van der Waals surface area contributed by atoms with E-state index in [4.69, 9.17) is 15.0 Å². The van der Waals surface area contributed by atoms with Gasteiger partial charge in [-0.3, -0.25) is 0 Å². The van der Waals surface area contributed by atoms with E-state index in [-0.39, 0.29) is 0 Å². The maximum atomic E-state index is 5.16. The third kappa shape index (κ3) is 4.13. The molecular weight excluding hydrogens is 575 g/mol. The van der Waals surface area contributed by atoms with Gasteiger partial charge in [0.25, 0.3) is 0 Å². The second-order valence-electron chi connectivity index (χ2n) is 10.8. The topological polar surface area (TPSA) is 38.7 Å². The minimum atomic E-state index is 0.670. The van der Waals surface area contributed by atoms with Gasteiger partial charge in [0.05, 0.1) is 0 Å². The molecule has 0 N–H and O–H groups in total. The molecule has 0 amide bonds. The highest BCUT2D eigenvalue weighted by molar-refractivity contribution is 7.26. The van der Waals surface area contributed by atoms with E-state index < -0.39 is 0 Å². The van der Waals surface area contributed by atoms with Gasteiger partial charge in [-0.05, 0) is 47.5 Å². The largest absolute Gasteiger partial charge is 0.208 e. The summed E-state index contributed by atoms with van der Waals surface area (Å²) in [4.78, 5) is 15.3. The molecule has 3 aromatic heterocycles. The van der Waals surface area contributed by atoms with Gasteiger partial charge in [-0.15, -0.1) is 22.7 Å². The lowest BCUT2D eigenvalue weighted by atomic mass is 9.99. The van der Waals surface area contributed by atoms with Crippen molar-refractivity contribution in [2.24, 2.45) is 0 Å². The van der Waals surface area contributed by atoms with Crippen LogP contribution in [-0.2, 0) is 0 Å². The molecule has 0 aliphatic heterocycles. The first-order chi connectivity index (χ1) is 21.8. The van der Waals surface area contributed by atoms with Crippen molar-refractivity contribution in [2.75, 3.05) is 0 Å². The average Bonchev–Trinajstić information content (AvgIpc) is 3.67. The van der Waals surface area contributed by atoms with Crippen molar-refractivity contribution in [3.63, 3.8) is 0 Å². The smallest absolute Gasteiger partial charge is 0.165 e. The standard InChI is InChI=1S/C39H23N3S2/c1-3-11-24(12-4-1)27-16-10-20-34-35(27)31-23-26(21-22-33(31)43-34)38-40-37(25-13-5-2-6-14-25)41-39(42-38)30-18-9-17-29-28-15-7-8-19-32(28)44-36(29)30/h1-23H. The number of nitrogens with zero attached hydrogens (tertiary/aromatic N) is 3. The molecule has 0 unspecified atom stereocenters. The predicted molar refractivity (Wildman–Crippen MR) is 187 cm³/mol. The van der Waals surface area contributed by atoms with E-state index in [2.05, 4.69) is 121 Å². The summed E-state index contributed by atoms with van der Waals surface area (Å²) in [7, 11) is 0. The molecule has 206 valence electrons. The first kappa shape index (κ1) is 25.3. The first-order valence-electron chi connectivity index (χ1n) is 14.5. The number of benzene rings is 6. The van der Waals surface area contributed by atoms with Gasteiger partial charge in [-0.1, -0.05) is 103 Å². The molecule has 0 saturated heterocycles. The molecule has 0 spiro atoms. The molecule has 0 radical (unpaired) electrons. The molecule has 3 heterocycles. The summed E-state index contributed by atoms with van der Waals surface area (Å²) in [5.74, 6) is 2.03. The van der Waals surface area contributed by atoms with Crippen LogP contribution in [0.3, 0.4) is 0 Å². The zero-order chi connectivity index (χ0) is 29.0. The van der Waals surface area contributed by atoms with Crippen molar-refractivity contribution in [2.45, 2.75) is 0 Å². The van der Waals surface area contributed by atoms with Gasteiger partial charge in [-0.2, -0.15) is 0 Å². The average molecular weight is 598 g/mol. The Bertz CT molecular complexity index is 2500. The zero-order valence-electron chi connectivity index (χ0n) is 23.4. The highest BCUT2D eigenvalue weighted by Crippen LogP contribution is 2.42. The summed E-state index contributed by atoms with van der Waals surface area (Å²) in [5.41, 5.74) is 5.43. The number of thiophene rings is 2. The molecule has 0 atom stereocenters.